The standard InChI is InChI=1S/C18H19NO4/c1-21-13-6-4-5-12(9-13)7-8-16(20)14-10-17(22-2)18(23-3)11-15(14)19/h4-11H,19H2,1-3H3/b8-7+. The van der Waals surface area contributed by atoms with Crippen molar-refractivity contribution in [1.82, 2.24) is 0 Å². The third-order valence-corrected chi connectivity index (χ3v) is 3.34. The minimum atomic E-state index is -0.216. The average molecular weight is 313 g/mol. The molecule has 0 saturated heterocycles. The van der Waals surface area contributed by atoms with Gasteiger partial charge in [0, 0.05) is 17.3 Å². The number of ketones is 1. The molecule has 0 aliphatic heterocycles. The number of carbonyl (C=O) groups is 1. The van der Waals surface area contributed by atoms with Crippen LogP contribution >= 0.6 is 0 Å². The minimum Gasteiger partial charge on any atom is -0.497 e. The Hall–Kier alpha value is -2.95. The van der Waals surface area contributed by atoms with E-state index in [1.165, 1.54) is 20.3 Å². The van der Waals surface area contributed by atoms with Crippen LogP contribution in [0.25, 0.3) is 6.08 Å². The van der Waals surface area contributed by atoms with Crippen molar-refractivity contribution in [2.45, 2.75) is 0 Å². The van der Waals surface area contributed by atoms with Crippen LogP contribution in [0.2, 0.25) is 0 Å². The molecule has 2 aromatic carbocycles. The number of allylic oxidation sites excluding steroid dienone is 1. The highest BCUT2D eigenvalue weighted by molar-refractivity contribution is 6.10. The smallest absolute Gasteiger partial charge is 0.188 e. The molecule has 0 spiro atoms. The number of benzene rings is 2. The van der Waals surface area contributed by atoms with Crippen LogP contribution in [0.1, 0.15) is 15.9 Å². The van der Waals surface area contributed by atoms with Crippen molar-refractivity contribution in [2.24, 2.45) is 0 Å². The van der Waals surface area contributed by atoms with Crippen LogP contribution in [0.3, 0.4) is 0 Å². The Kier molecular flexibility index (Phi) is 5.25. The summed E-state index contributed by atoms with van der Waals surface area (Å²) in [7, 11) is 4.62. The number of carbonyl (C=O) groups excluding carboxylic acids is 1. The number of hydrogen-bond acceptors (Lipinski definition) is 5. The lowest BCUT2D eigenvalue weighted by molar-refractivity contribution is 0.104. The number of methoxy groups -OCH3 is 3. The summed E-state index contributed by atoms with van der Waals surface area (Å²) in [6.45, 7) is 0. The predicted octanol–water partition coefficient (Wildman–Crippen LogP) is 3.19. The molecular formula is C18H19NO4. The number of ether oxygens (including phenoxy) is 3. The fourth-order valence-corrected chi connectivity index (χ4v) is 2.11. The molecule has 0 amide bonds. The largest absolute Gasteiger partial charge is 0.497 e. The van der Waals surface area contributed by atoms with Crippen molar-refractivity contribution in [3.8, 4) is 17.2 Å². The summed E-state index contributed by atoms with van der Waals surface area (Å²) in [4.78, 5) is 12.4. The lowest BCUT2D eigenvalue weighted by Gasteiger charge is -2.10. The highest BCUT2D eigenvalue weighted by Crippen LogP contribution is 2.32. The second kappa shape index (κ2) is 7.35. The van der Waals surface area contributed by atoms with Gasteiger partial charge in [-0.1, -0.05) is 18.2 Å². The molecule has 0 saturated carbocycles. The Balaban J connectivity index is 2.28. The van der Waals surface area contributed by atoms with E-state index in [1.807, 2.05) is 24.3 Å². The maximum Gasteiger partial charge on any atom is 0.188 e. The molecule has 120 valence electrons. The molecule has 0 aliphatic carbocycles. The molecule has 0 fully saturated rings. The van der Waals surface area contributed by atoms with Gasteiger partial charge in [-0.2, -0.15) is 0 Å². The van der Waals surface area contributed by atoms with E-state index < -0.39 is 0 Å². The van der Waals surface area contributed by atoms with Gasteiger partial charge in [0.2, 0.25) is 0 Å². The predicted molar refractivity (Wildman–Crippen MR) is 90.3 cm³/mol. The summed E-state index contributed by atoms with van der Waals surface area (Å²) < 4.78 is 15.5. The Morgan fingerprint density at radius 3 is 2.35 bits per heavy atom. The van der Waals surface area contributed by atoms with E-state index in [0.717, 1.165) is 11.3 Å². The first-order valence-electron chi connectivity index (χ1n) is 6.97. The number of nitrogen functional groups attached to an aromatic ring is 1. The summed E-state index contributed by atoms with van der Waals surface area (Å²) in [5, 5.41) is 0. The number of hydrogen-bond donors (Lipinski definition) is 1. The highest BCUT2D eigenvalue weighted by atomic mass is 16.5. The van der Waals surface area contributed by atoms with E-state index in [4.69, 9.17) is 19.9 Å². The van der Waals surface area contributed by atoms with Crippen LogP contribution in [0, 0.1) is 0 Å². The van der Waals surface area contributed by atoms with E-state index in [2.05, 4.69) is 0 Å². The monoisotopic (exact) mass is 313 g/mol. The molecule has 0 radical (unpaired) electrons. The van der Waals surface area contributed by atoms with Crippen molar-refractivity contribution in [1.29, 1.82) is 0 Å². The molecule has 23 heavy (non-hydrogen) atoms. The molecule has 2 N–H and O–H groups in total. The zero-order valence-electron chi connectivity index (χ0n) is 13.3. The topological polar surface area (TPSA) is 70.8 Å². The van der Waals surface area contributed by atoms with Gasteiger partial charge in [-0.15, -0.1) is 0 Å². The van der Waals surface area contributed by atoms with Crippen LogP contribution < -0.4 is 19.9 Å². The molecule has 0 bridgehead atoms. The van der Waals surface area contributed by atoms with E-state index in [9.17, 15) is 4.79 Å². The average Bonchev–Trinajstić information content (AvgIpc) is 2.59. The van der Waals surface area contributed by atoms with Crippen LogP contribution in [-0.4, -0.2) is 27.1 Å². The van der Waals surface area contributed by atoms with E-state index >= 15 is 0 Å². The van der Waals surface area contributed by atoms with E-state index in [0.29, 0.717) is 22.7 Å². The third-order valence-electron chi connectivity index (χ3n) is 3.34. The summed E-state index contributed by atoms with van der Waals surface area (Å²) in [5.41, 5.74) is 7.48. The maximum absolute atomic E-state index is 12.4. The van der Waals surface area contributed by atoms with Crippen molar-refractivity contribution in [2.75, 3.05) is 27.1 Å². The van der Waals surface area contributed by atoms with E-state index in [-0.39, 0.29) is 5.78 Å². The van der Waals surface area contributed by atoms with Gasteiger partial charge >= 0.3 is 0 Å². The van der Waals surface area contributed by atoms with Crippen LogP contribution in [0.4, 0.5) is 5.69 Å². The molecule has 0 unspecified atom stereocenters. The summed E-state index contributed by atoms with van der Waals surface area (Å²) >= 11 is 0. The second-order valence-corrected chi connectivity index (χ2v) is 4.77. The normalized spacial score (nSPS) is 10.6. The maximum atomic E-state index is 12.4. The second-order valence-electron chi connectivity index (χ2n) is 4.77. The summed E-state index contributed by atoms with van der Waals surface area (Å²) in [5.74, 6) is 1.45. The molecule has 0 atom stereocenters. The van der Waals surface area contributed by atoms with Crippen molar-refractivity contribution >= 4 is 17.5 Å². The van der Waals surface area contributed by atoms with Gasteiger partial charge in [0.15, 0.2) is 17.3 Å². The summed E-state index contributed by atoms with van der Waals surface area (Å²) in [6.07, 6.45) is 3.17. The Morgan fingerprint density at radius 2 is 1.70 bits per heavy atom. The molecule has 0 aromatic heterocycles. The van der Waals surface area contributed by atoms with Crippen LogP contribution in [0.15, 0.2) is 42.5 Å². The molecule has 5 heteroatoms. The molecule has 0 aliphatic rings. The SMILES string of the molecule is COc1cccc(/C=C/C(=O)c2cc(OC)c(OC)cc2N)c1. The van der Waals surface area contributed by atoms with Gasteiger partial charge in [-0.3, -0.25) is 4.79 Å². The van der Waals surface area contributed by atoms with Gasteiger partial charge in [-0.05, 0) is 29.8 Å². The van der Waals surface area contributed by atoms with Crippen LogP contribution in [-0.2, 0) is 0 Å². The van der Waals surface area contributed by atoms with Gasteiger partial charge in [0.05, 0.1) is 21.3 Å². The molecule has 0 heterocycles. The molecular weight excluding hydrogens is 294 g/mol. The lowest BCUT2D eigenvalue weighted by atomic mass is 10.1. The fraction of sp³-hybridized carbons (Fsp3) is 0.167. The van der Waals surface area contributed by atoms with Crippen molar-refractivity contribution in [3.63, 3.8) is 0 Å². The Morgan fingerprint density at radius 1 is 1.00 bits per heavy atom. The zero-order chi connectivity index (χ0) is 16.8. The first kappa shape index (κ1) is 16.4. The first-order chi connectivity index (χ1) is 11.1. The zero-order valence-corrected chi connectivity index (χ0v) is 13.3. The number of rotatable bonds is 6. The van der Waals surface area contributed by atoms with Gasteiger partial charge in [-0.25, -0.2) is 0 Å². The molecule has 2 aromatic rings. The van der Waals surface area contributed by atoms with Crippen molar-refractivity contribution < 1.29 is 19.0 Å². The number of nitrogens with two attached hydrogens (primary N) is 1. The summed E-state index contributed by atoms with van der Waals surface area (Å²) in [6, 6.07) is 10.6. The molecule has 2 rings (SSSR count). The Bertz CT molecular complexity index is 738. The van der Waals surface area contributed by atoms with Crippen molar-refractivity contribution in [3.05, 3.63) is 53.6 Å². The number of anilines is 1. The lowest BCUT2D eigenvalue weighted by Crippen LogP contribution is -2.03. The minimum absolute atomic E-state index is 0.216. The van der Waals surface area contributed by atoms with Gasteiger partial charge < -0.3 is 19.9 Å². The Labute approximate surface area is 135 Å². The molecule has 5 nitrogen and oxygen atoms in total. The highest BCUT2D eigenvalue weighted by Gasteiger charge is 2.13. The van der Waals surface area contributed by atoms with Gasteiger partial charge in [0.1, 0.15) is 5.75 Å². The third kappa shape index (κ3) is 3.83. The quantitative estimate of drug-likeness (QED) is 0.504. The fourth-order valence-electron chi connectivity index (χ4n) is 2.11. The first-order valence-corrected chi connectivity index (χ1v) is 6.97. The van der Waals surface area contributed by atoms with E-state index in [1.54, 1.807) is 25.3 Å². The van der Waals surface area contributed by atoms with Crippen LogP contribution in [0.5, 0.6) is 17.2 Å². The van der Waals surface area contributed by atoms with Gasteiger partial charge in [0.25, 0.3) is 0 Å².